The Hall–Kier alpha value is -1.60. The van der Waals surface area contributed by atoms with E-state index in [0.717, 1.165) is 57.8 Å². The molecule has 1 amide bonds. The van der Waals surface area contributed by atoms with E-state index < -0.39 is 67.4 Å². The van der Waals surface area contributed by atoms with Crippen LogP contribution < -0.4 is 5.32 Å². The number of nitrogens with one attached hydrogen (secondary N) is 1. The first-order valence-corrected chi connectivity index (χ1v) is 32.5. The first-order chi connectivity index (χ1) is 36.7. The maximum atomic E-state index is 13.4. The summed E-state index contributed by atoms with van der Waals surface area (Å²) in [5, 5.41) is 57.0. The van der Waals surface area contributed by atoms with E-state index in [9.17, 15) is 35.1 Å². The first-order valence-electron chi connectivity index (χ1n) is 32.5. The lowest BCUT2D eigenvalue weighted by molar-refractivity contribution is -0.305. The van der Waals surface area contributed by atoms with Gasteiger partial charge in [0.15, 0.2) is 12.4 Å². The van der Waals surface area contributed by atoms with Crippen LogP contribution in [0.5, 0.6) is 0 Å². The van der Waals surface area contributed by atoms with E-state index in [0.29, 0.717) is 19.3 Å². The summed E-state index contributed by atoms with van der Waals surface area (Å²) in [7, 11) is 0. The highest BCUT2D eigenvalue weighted by Gasteiger charge is 2.47. The summed E-state index contributed by atoms with van der Waals surface area (Å²) >= 11 is 0. The summed E-state index contributed by atoms with van der Waals surface area (Å²) < 4.78 is 17.6. The minimum absolute atomic E-state index is 0.132. The summed E-state index contributed by atoms with van der Waals surface area (Å²) in [5.74, 6) is -1.17. The molecular formula is C64H123NO10. The van der Waals surface area contributed by atoms with Gasteiger partial charge in [0.05, 0.1) is 25.4 Å². The van der Waals surface area contributed by atoms with Gasteiger partial charge in [-0.15, -0.1) is 0 Å². The third kappa shape index (κ3) is 41.1. The van der Waals surface area contributed by atoms with Crippen LogP contribution in [0.25, 0.3) is 0 Å². The van der Waals surface area contributed by atoms with E-state index in [1.54, 1.807) is 6.08 Å². The molecule has 8 unspecified atom stereocenters. The number of unbranched alkanes of at least 4 members (excludes halogenated alkanes) is 42. The molecule has 1 saturated heterocycles. The number of aliphatic hydroxyl groups excluding tert-OH is 5. The molecule has 1 fully saturated rings. The Kier molecular flexibility index (Phi) is 50.5. The van der Waals surface area contributed by atoms with E-state index in [-0.39, 0.29) is 13.0 Å². The maximum absolute atomic E-state index is 13.4. The molecule has 0 radical (unpaired) electrons. The van der Waals surface area contributed by atoms with Crippen LogP contribution in [0.3, 0.4) is 0 Å². The van der Waals surface area contributed by atoms with Crippen molar-refractivity contribution < 1.29 is 49.3 Å². The summed E-state index contributed by atoms with van der Waals surface area (Å²) in [6, 6.07) is -1.02. The second kappa shape index (κ2) is 53.1. The van der Waals surface area contributed by atoms with E-state index in [2.05, 4.69) is 26.1 Å². The molecule has 0 aromatic carbocycles. The Morgan fingerprint density at radius 3 is 1.25 bits per heavy atom. The Morgan fingerprint density at radius 1 is 0.507 bits per heavy atom. The molecule has 1 heterocycles. The number of esters is 1. The second-order valence-corrected chi connectivity index (χ2v) is 22.9. The van der Waals surface area contributed by atoms with Crippen molar-refractivity contribution in [3.8, 4) is 0 Å². The van der Waals surface area contributed by atoms with Crippen LogP contribution in [0.15, 0.2) is 12.2 Å². The number of allylic oxidation sites excluding steroid dienone is 1. The zero-order valence-corrected chi connectivity index (χ0v) is 49.2. The lowest BCUT2D eigenvalue weighted by Crippen LogP contribution is -2.61. The van der Waals surface area contributed by atoms with Crippen molar-refractivity contribution in [1.82, 2.24) is 5.32 Å². The molecular weight excluding hydrogens is 943 g/mol. The van der Waals surface area contributed by atoms with Crippen LogP contribution >= 0.6 is 0 Å². The fourth-order valence-electron chi connectivity index (χ4n) is 10.5. The van der Waals surface area contributed by atoms with Crippen molar-refractivity contribution in [2.24, 2.45) is 0 Å². The van der Waals surface area contributed by atoms with Crippen LogP contribution in [0.1, 0.15) is 323 Å². The molecule has 0 aliphatic carbocycles. The van der Waals surface area contributed by atoms with E-state index in [4.69, 9.17) is 14.2 Å². The number of ether oxygens (including phenoxy) is 3. The van der Waals surface area contributed by atoms with E-state index >= 15 is 0 Å². The van der Waals surface area contributed by atoms with Gasteiger partial charge in [0.2, 0.25) is 5.91 Å². The van der Waals surface area contributed by atoms with Gasteiger partial charge in [-0.1, -0.05) is 303 Å². The molecule has 0 spiro atoms. The lowest BCUT2D eigenvalue weighted by Gasteiger charge is -2.41. The van der Waals surface area contributed by atoms with Gasteiger partial charge in [-0.2, -0.15) is 0 Å². The zero-order valence-electron chi connectivity index (χ0n) is 49.2. The Balaban J connectivity index is 2.62. The topological polar surface area (TPSA) is 175 Å². The summed E-state index contributed by atoms with van der Waals surface area (Å²) in [5.41, 5.74) is 0. The predicted octanol–water partition coefficient (Wildman–Crippen LogP) is 15.5. The molecule has 0 aromatic rings. The molecule has 1 aliphatic rings. The number of carbonyl (C=O) groups excluding carboxylic acids is 2. The van der Waals surface area contributed by atoms with Gasteiger partial charge < -0.3 is 45.1 Å². The highest BCUT2D eigenvalue weighted by molar-refractivity contribution is 5.80. The monoisotopic (exact) mass is 1070 g/mol. The molecule has 1 rings (SSSR count). The fraction of sp³-hybridized carbons (Fsp3) is 0.938. The maximum Gasteiger partial charge on any atom is 0.306 e. The van der Waals surface area contributed by atoms with Crippen LogP contribution in [0.4, 0.5) is 0 Å². The first kappa shape index (κ1) is 71.4. The van der Waals surface area contributed by atoms with Gasteiger partial charge in [0.1, 0.15) is 24.4 Å². The van der Waals surface area contributed by atoms with Crippen molar-refractivity contribution in [3.05, 3.63) is 12.2 Å². The largest absolute Gasteiger partial charge is 0.454 e. The molecule has 8 atom stereocenters. The van der Waals surface area contributed by atoms with Gasteiger partial charge in [-0.05, 0) is 25.7 Å². The van der Waals surface area contributed by atoms with Gasteiger partial charge >= 0.3 is 5.97 Å². The third-order valence-corrected chi connectivity index (χ3v) is 15.7. The second-order valence-electron chi connectivity index (χ2n) is 22.9. The van der Waals surface area contributed by atoms with Crippen molar-refractivity contribution >= 4 is 11.9 Å². The molecule has 11 heteroatoms. The molecule has 1 aliphatic heterocycles. The quantitative estimate of drug-likeness (QED) is 0.0195. The number of rotatable bonds is 56. The molecule has 75 heavy (non-hydrogen) atoms. The van der Waals surface area contributed by atoms with Gasteiger partial charge in [-0.25, -0.2) is 0 Å². The van der Waals surface area contributed by atoms with Crippen LogP contribution in [0.2, 0.25) is 0 Å². The highest BCUT2D eigenvalue weighted by atomic mass is 16.7. The van der Waals surface area contributed by atoms with E-state index in [1.165, 1.54) is 218 Å². The molecule has 0 saturated carbocycles. The molecule has 0 aromatic heterocycles. The fourth-order valence-corrected chi connectivity index (χ4v) is 10.5. The summed E-state index contributed by atoms with van der Waals surface area (Å²) in [6.07, 6.45) is 49.7. The van der Waals surface area contributed by atoms with E-state index in [1.807, 2.05) is 6.08 Å². The smallest absolute Gasteiger partial charge is 0.306 e. The van der Waals surface area contributed by atoms with Crippen molar-refractivity contribution in [3.63, 3.8) is 0 Å². The Labute approximate surface area is 461 Å². The van der Waals surface area contributed by atoms with Crippen molar-refractivity contribution in [1.29, 1.82) is 0 Å². The minimum atomic E-state index is -1.61. The summed E-state index contributed by atoms with van der Waals surface area (Å²) in [6.45, 7) is 5.83. The average molecular weight is 1070 g/mol. The third-order valence-electron chi connectivity index (χ3n) is 15.7. The molecule has 11 nitrogen and oxygen atoms in total. The van der Waals surface area contributed by atoms with Gasteiger partial charge in [-0.3, -0.25) is 9.59 Å². The number of carbonyl (C=O) groups is 2. The number of hydrogen-bond acceptors (Lipinski definition) is 10. The number of hydrogen-bond donors (Lipinski definition) is 6. The van der Waals surface area contributed by atoms with Gasteiger partial charge in [0.25, 0.3) is 0 Å². The minimum Gasteiger partial charge on any atom is -0.454 e. The van der Waals surface area contributed by atoms with Gasteiger partial charge in [0, 0.05) is 6.42 Å². The number of amides is 1. The number of aliphatic hydroxyl groups is 5. The van der Waals surface area contributed by atoms with Crippen molar-refractivity contribution in [2.75, 3.05) is 13.2 Å². The standard InChI is InChI=1S/C64H123NO10/c1-4-7-10-13-16-19-22-24-26-28-29-30-32-34-37-40-43-46-49-52-59(69)75-62-61(71)60(70)58(53-66)74-64(62)73-54-55(56(67)50-47-44-41-38-35-21-18-15-12-9-6-3)65-63(72)57(68)51-48-45-42-39-36-33-31-27-25-23-20-17-14-11-8-5-2/h47,50,55-58,60-62,64,66-68,70-71H,4-46,48-49,51-54H2,1-3H3,(H,65,72)/b50-47+. The molecule has 444 valence electrons. The van der Waals surface area contributed by atoms with Crippen LogP contribution in [-0.2, 0) is 23.8 Å². The predicted molar refractivity (Wildman–Crippen MR) is 311 cm³/mol. The SMILES string of the molecule is CCCCCCCCCCC/C=C/C(O)C(COC1OC(CO)C(O)C(O)C1OC(=O)CCCCCCCCCCCCCCCCCCCCC)NC(=O)C(O)CCCCCCCCCCCCCCCCCC. The van der Waals surface area contributed by atoms with Crippen LogP contribution in [-0.4, -0.2) is 99.6 Å². The Bertz CT molecular complexity index is 1270. The summed E-state index contributed by atoms with van der Waals surface area (Å²) in [4.78, 5) is 26.6. The Morgan fingerprint density at radius 2 is 0.867 bits per heavy atom. The molecule has 6 N–H and O–H groups in total. The normalized spacial score (nSPS) is 19.2. The molecule has 0 bridgehead atoms. The van der Waals surface area contributed by atoms with Crippen LogP contribution in [0, 0.1) is 0 Å². The average Bonchev–Trinajstić information content (AvgIpc) is 3.41. The zero-order chi connectivity index (χ0) is 54.7. The lowest BCUT2D eigenvalue weighted by atomic mass is 9.99. The van der Waals surface area contributed by atoms with Crippen molar-refractivity contribution in [2.45, 2.75) is 372 Å². The highest BCUT2D eigenvalue weighted by Crippen LogP contribution is 2.26.